The summed E-state index contributed by atoms with van der Waals surface area (Å²) in [5, 5.41) is 0. The summed E-state index contributed by atoms with van der Waals surface area (Å²) in [6, 6.07) is 12.2. The first-order valence-electron chi connectivity index (χ1n) is 8.02. The molecule has 2 heterocycles. The first-order valence-corrected chi connectivity index (χ1v) is 10.1. The molecule has 5 heteroatoms. The number of likely N-dealkylation sites (tertiary alicyclic amines) is 1. The van der Waals surface area contributed by atoms with Crippen LogP contribution in [0.4, 0.5) is 0 Å². The highest BCUT2D eigenvalue weighted by Gasteiger charge is 2.23. The van der Waals surface area contributed by atoms with Crippen LogP contribution >= 0.6 is 0 Å². The summed E-state index contributed by atoms with van der Waals surface area (Å²) in [6.07, 6.45) is 5.10. The standard InChI is InChI=1S/C18H23NO3S/c1-23(20,21)14-16-4-2-10-19(13-16)12-15-6-8-17(9-7-15)18-5-3-11-22-18/h3,5-9,11,16H,2,4,10,12-14H2,1H3/t16-/m1/s1. The number of benzene rings is 1. The van der Waals surface area contributed by atoms with Crippen molar-refractivity contribution in [2.45, 2.75) is 19.4 Å². The Morgan fingerprint density at radius 2 is 2.00 bits per heavy atom. The molecule has 0 unspecified atom stereocenters. The Bertz CT molecular complexity index is 720. The molecule has 1 saturated heterocycles. The third kappa shape index (κ3) is 4.69. The van der Waals surface area contributed by atoms with Crippen molar-refractivity contribution in [1.29, 1.82) is 0 Å². The van der Waals surface area contributed by atoms with E-state index < -0.39 is 9.84 Å². The monoisotopic (exact) mass is 333 g/mol. The van der Waals surface area contributed by atoms with Gasteiger partial charge in [-0.2, -0.15) is 0 Å². The quantitative estimate of drug-likeness (QED) is 0.843. The molecule has 23 heavy (non-hydrogen) atoms. The lowest BCUT2D eigenvalue weighted by Gasteiger charge is -2.32. The molecule has 1 fully saturated rings. The van der Waals surface area contributed by atoms with Crippen LogP contribution in [0.15, 0.2) is 47.1 Å². The van der Waals surface area contributed by atoms with Crippen LogP contribution in [-0.2, 0) is 16.4 Å². The zero-order valence-corrected chi connectivity index (χ0v) is 14.3. The zero-order chi connectivity index (χ0) is 16.3. The van der Waals surface area contributed by atoms with Crippen LogP contribution in [-0.4, -0.2) is 38.4 Å². The van der Waals surface area contributed by atoms with Crippen molar-refractivity contribution in [2.24, 2.45) is 5.92 Å². The van der Waals surface area contributed by atoms with Crippen molar-refractivity contribution in [3.05, 3.63) is 48.2 Å². The average molecular weight is 333 g/mol. The Hall–Kier alpha value is -1.59. The third-order valence-electron chi connectivity index (χ3n) is 4.31. The SMILES string of the molecule is CS(=O)(=O)C[C@@H]1CCCN(Cc2ccc(-c3ccco3)cc2)C1. The van der Waals surface area contributed by atoms with Crippen LogP contribution < -0.4 is 0 Å². The van der Waals surface area contributed by atoms with E-state index in [1.165, 1.54) is 11.8 Å². The maximum atomic E-state index is 11.5. The highest BCUT2D eigenvalue weighted by molar-refractivity contribution is 7.90. The van der Waals surface area contributed by atoms with Crippen molar-refractivity contribution < 1.29 is 12.8 Å². The summed E-state index contributed by atoms with van der Waals surface area (Å²) < 4.78 is 28.4. The molecule has 1 aliphatic rings. The Morgan fingerprint density at radius 3 is 2.65 bits per heavy atom. The highest BCUT2D eigenvalue weighted by atomic mass is 32.2. The van der Waals surface area contributed by atoms with Gasteiger partial charge in [-0.15, -0.1) is 0 Å². The minimum absolute atomic E-state index is 0.265. The van der Waals surface area contributed by atoms with Gasteiger partial charge >= 0.3 is 0 Å². The molecule has 1 aliphatic heterocycles. The molecule has 0 spiro atoms. The van der Waals surface area contributed by atoms with Gasteiger partial charge in [-0.05, 0) is 43.0 Å². The minimum Gasteiger partial charge on any atom is -0.464 e. The van der Waals surface area contributed by atoms with Crippen LogP contribution in [0.2, 0.25) is 0 Å². The molecule has 1 aromatic heterocycles. The average Bonchev–Trinajstić information content (AvgIpc) is 3.01. The number of furan rings is 1. The van der Waals surface area contributed by atoms with Crippen LogP contribution in [0.3, 0.4) is 0 Å². The van der Waals surface area contributed by atoms with Gasteiger partial charge in [0.2, 0.25) is 0 Å². The number of piperidine rings is 1. The minimum atomic E-state index is -2.89. The van der Waals surface area contributed by atoms with E-state index in [4.69, 9.17) is 4.42 Å². The summed E-state index contributed by atoms with van der Waals surface area (Å²) in [6.45, 7) is 2.78. The topological polar surface area (TPSA) is 50.5 Å². The summed E-state index contributed by atoms with van der Waals surface area (Å²) >= 11 is 0. The predicted octanol–water partition coefficient (Wildman–Crippen LogP) is 3.20. The summed E-state index contributed by atoms with van der Waals surface area (Å²) in [5.41, 5.74) is 2.33. The number of nitrogens with zero attached hydrogens (tertiary/aromatic N) is 1. The molecule has 0 aliphatic carbocycles. The first kappa shape index (κ1) is 16.3. The van der Waals surface area contributed by atoms with Crippen LogP contribution in [0.25, 0.3) is 11.3 Å². The lowest BCUT2D eigenvalue weighted by molar-refractivity contribution is 0.178. The van der Waals surface area contributed by atoms with Crippen molar-refractivity contribution in [1.82, 2.24) is 4.90 Å². The molecule has 3 rings (SSSR count). The van der Waals surface area contributed by atoms with Crippen LogP contribution in [0.1, 0.15) is 18.4 Å². The molecular formula is C18H23NO3S. The molecule has 0 saturated carbocycles. The van der Waals surface area contributed by atoms with Gasteiger partial charge in [0.05, 0.1) is 12.0 Å². The van der Waals surface area contributed by atoms with E-state index in [-0.39, 0.29) is 5.92 Å². The second-order valence-corrected chi connectivity index (χ2v) is 8.69. The molecule has 1 atom stereocenters. The first-order chi connectivity index (χ1) is 11.0. The molecule has 124 valence electrons. The van der Waals surface area contributed by atoms with E-state index in [1.54, 1.807) is 6.26 Å². The number of hydrogen-bond donors (Lipinski definition) is 0. The van der Waals surface area contributed by atoms with Crippen molar-refractivity contribution in [3.8, 4) is 11.3 Å². The smallest absolute Gasteiger partial charge is 0.147 e. The van der Waals surface area contributed by atoms with Gasteiger partial charge in [0.15, 0.2) is 0 Å². The van der Waals surface area contributed by atoms with Gasteiger partial charge in [-0.1, -0.05) is 24.3 Å². The number of hydrogen-bond acceptors (Lipinski definition) is 4. The van der Waals surface area contributed by atoms with Gasteiger partial charge in [-0.3, -0.25) is 4.90 Å². The van der Waals surface area contributed by atoms with Gasteiger partial charge in [0, 0.05) is 24.9 Å². The second-order valence-electron chi connectivity index (χ2n) is 6.51. The molecular weight excluding hydrogens is 310 g/mol. The molecule has 0 N–H and O–H groups in total. The Balaban J connectivity index is 1.60. The van der Waals surface area contributed by atoms with Crippen molar-refractivity contribution in [2.75, 3.05) is 25.1 Å². The number of sulfone groups is 1. The van der Waals surface area contributed by atoms with Gasteiger partial charge in [0.1, 0.15) is 15.6 Å². The molecule has 0 amide bonds. The predicted molar refractivity (Wildman–Crippen MR) is 91.9 cm³/mol. The van der Waals surface area contributed by atoms with Gasteiger partial charge in [0.25, 0.3) is 0 Å². The van der Waals surface area contributed by atoms with Gasteiger partial charge in [-0.25, -0.2) is 8.42 Å². The van der Waals surface area contributed by atoms with Crippen LogP contribution in [0.5, 0.6) is 0 Å². The Morgan fingerprint density at radius 1 is 1.22 bits per heavy atom. The van der Waals surface area contributed by atoms with E-state index in [0.717, 1.165) is 43.8 Å². The third-order valence-corrected chi connectivity index (χ3v) is 5.38. The fourth-order valence-electron chi connectivity index (χ4n) is 3.33. The Kier molecular flexibility index (Phi) is 4.87. The Labute approximate surface area is 138 Å². The fraction of sp³-hybridized carbons (Fsp3) is 0.444. The van der Waals surface area contributed by atoms with Crippen molar-refractivity contribution in [3.63, 3.8) is 0 Å². The van der Waals surface area contributed by atoms with E-state index in [2.05, 4.69) is 29.2 Å². The van der Waals surface area contributed by atoms with Crippen molar-refractivity contribution >= 4 is 9.84 Å². The molecule has 0 bridgehead atoms. The molecule has 4 nitrogen and oxygen atoms in total. The second kappa shape index (κ2) is 6.89. The summed E-state index contributed by atoms with van der Waals surface area (Å²) in [7, 11) is -2.89. The molecule has 1 aromatic carbocycles. The highest BCUT2D eigenvalue weighted by Crippen LogP contribution is 2.23. The van der Waals surface area contributed by atoms with E-state index in [0.29, 0.717) is 5.75 Å². The van der Waals surface area contributed by atoms with Gasteiger partial charge < -0.3 is 4.42 Å². The lowest BCUT2D eigenvalue weighted by atomic mass is 9.99. The fourth-order valence-corrected chi connectivity index (χ4v) is 4.46. The van der Waals surface area contributed by atoms with Crippen LogP contribution in [0, 0.1) is 5.92 Å². The normalized spacial score (nSPS) is 19.8. The van der Waals surface area contributed by atoms with E-state index in [9.17, 15) is 8.42 Å². The summed E-state index contributed by atoms with van der Waals surface area (Å²) in [4.78, 5) is 2.36. The summed E-state index contributed by atoms with van der Waals surface area (Å²) in [5.74, 6) is 1.45. The zero-order valence-electron chi connectivity index (χ0n) is 13.4. The van der Waals surface area contributed by atoms with E-state index >= 15 is 0 Å². The number of rotatable bonds is 5. The lowest BCUT2D eigenvalue weighted by Crippen LogP contribution is -2.37. The maximum Gasteiger partial charge on any atom is 0.147 e. The maximum absolute atomic E-state index is 11.5. The molecule has 0 radical (unpaired) electrons. The van der Waals surface area contributed by atoms with E-state index in [1.807, 2.05) is 12.1 Å². The molecule has 2 aromatic rings. The largest absolute Gasteiger partial charge is 0.464 e.